The number of amides is 4. The van der Waals surface area contributed by atoms with Gasteiger partial charge < -0.3 is 72.3 Å². The first kappa shape index (κ1) is 67.3. The van der Waals surface area contributed by atoms with Crippen molar-refractivity contribution in [1.29, 1.82) is 0 Å². The predicted molar refractivity (Wildman–Crippen MR) is 350 cm³/mol. The Kier molecular flexibility index (Phi) is 29.4. The largest absolute Gasteiger partial charge is 0.355 e. The van der Waals surface area contributed by atoms with E-state index in [-0.39, 0.29) is 23.6 Å². The van der Waals surface area contributed by atoms with Gasteiger partial charge in [0, 0.05) is 126 Å². The summed E-state index contributed by atoms with van der Waals surface area (Å²) in [4.78, 5) is 89.5. The summed E-state index contributed by atoms with van der Waals surface area (Å²) >= 11 is 0. The molecule has 4 atom stereocenters. The van der Waals surface area contributed by atoms with Crippen LogP contribution in [0.15, 0.2) is 171 Å². The Balaban J connectivity index is 0.873. The van der Waals surface area contributed by atoms with Crippen molar-refractivity contribution < 1.29 is 19.2 Å². The highest BCUT2D eigenvalue weighted by Gasteiger charge is 2.23. The molecule has 90 heavy (non-hydrogen) atoms. The van der Waals surface area contributed by atoms with E-state index in [0.717, 1.165) is 123 Å². The van der Waals surface area contributed by atoms with Gasteiger partial charge in [0.1, 0.15) is 0 Å². The van der Waals surface area contributed by atoms with Gasteiger partial charge in [-0.2, -0.15) is 0 Å². The SMILES string of the molecule is O=C(NCCCN(CCCCN(CCCNC(=O)[C@H](Cc1cnc[nH]1)NCc1ccccc1)CCCNC(=O)[C@H](Cc1cnc[nH]1)NCc1ccccc1)CCCNC(=O)[C@H](Cc1cnc[nH]1)NCc1ccccc1)[C@H](Cc1cnc[nH]1)NCc1ccccc1. The average molecular weight is 1230 g/mol. The van der Waals surface area contributed by atoms with E-state index in [9.17, 15) is 19.2 Å². The van der Waals surface area contributed by atoms with Gasteiger partial charge in [-0.1, -0.05) is 121 Å². The molecule has 0 unspecified atom stereocenters. The number of carbonyl (C=O) groups excluding carboxylic acids is 4. The molecule has 4 heterocycles. The van der Waals surface area contributed by atoms with E-state index in [2.05, 4.69) is 92.2 Å². The third kappa shape index (κ3) is 25.5. The van der Waals surface area contributed by atoms with Crippen LogP contribution in [-0.4, -0.2) is 163 Å². The van der Waals surface area contributed by atoms with Crippen LogP contribution in [0.4, 0.5) is 0 Å². The van der Waals surface area contributed by atoms with Gasteiger partial charge in [-0.05, 0) is 100 Å². The molecular formula is C68H92N18O4. The molecule has 4 amide bonds. The lowest BCUT2D eigenvalue weighted by atomic mass is 10.1. The van der Waals surface area contributed by atoms with Crippen LogP contribution < -0.4 is 42.5 Å². The summed E-state index contributed by atoms with van der Waals surface area (Å²) in [7, 11) is 0. The van der Waals surface area contributed by atoms with Gasteiger partial charge in [0.25, 0.3) is 0 Å². The number of aromatic amines is 4. The first-order valence-electron chi connectivity index (χ1n) is 31.8. The van der Waals surface area contributed by atoms with Gasteiger partial charge in [0.05, 0.1) is 49.5 Å². The maximum absolute atomic E-state index is 13.8. The molecule has 12 N–H and O–H groups in total. The zero-order valence-electron chi connectivity index (χ0n) is 51.8. The Hall–Kier alpha value is -8.64. The molecule has 0 saturated heterocycles. The molecule has 4 aromatic heterocycles. The van der Waals surface area contributed by atoms with Crippen LogP contribution in [0.1, 0.15) is 83.6 Å². The van der Waals surface area contributed by atoms with Crippen LogP contribution >= 0.6 is 0 Å². The third-order valence-electron chi connectivity index (χ3n) is 15.8. The second-order valence-electron chi connectivity index (χ2n) is 22.8. The number of aromatic nitrogens is 8. The molecule has 8 aromatic rings. The van der Waals surface area contributed by atoms with Crippen LogP contribution in [0, 0.1) is 0 Å². The topological polar surface area (TPSA) is 286 Å². The number of rotatable bonds is 45. The Bertz CT molecular complexity index is 2740. The summed E-state index contributed by atoms with van der Waals surface area (Å²) in [6.07, 6.45) is 20.2. The normalized spacial score (nSPS) is 12.8. The molecule has 0 aliphatic carbocycles. The van der Waals surface area contributed by atoms with E-state index in [1.54, 1.807) is 50.1 Å². The van der Waals surface area contributed by atoms with Crippen LogP contribution in [0.25, 0.3) is 0 Å². The minimum atomic E-state index is -0.460. The second kappa shape index (κ2) is 39.4. The summed E-state index contributed by atoms with van der Waals surface area (Å²) in [5, 5.41) is 26.7. The molecule has 4 aromatic carbocycles. The second-order valence-corrected chi connectivity index (χ2v) is 22.8. The summed E-state index contributed by atoms with van der Waals surface area (Å²) in [5.41, 5.74) is 7.88. The summed E-state index contributed by atoms with van der Waals surface area (Å²) in [5.74, 6) is -0.271. The quantitative estimate of drug-likeness (QED) is 0.0227. The van der Waals surface area contributed by atoms with E-state index >= 15 is 0 Å². The predicted octanol–water partition coefficient (Wildman–Crippen LogP) is 4.89. The highest BCUT2D eigenvalue weighted by molar-refractivity contribution is 5.83. The lowest BCUT2D eigenvalue weighted by Gasteiger charge is -2.26. The number of nitrogens with zero attached hydrogens (tertiary/aromatic N) is 6. The Labute approximate surface area is 529 Å². The van der Waals surface area contributed by atoms with E-state index in [1.807, 2.05) is 121 Å². The van der Waals surface area contributed by atoms with E-state index in [1.165, 1.54) is 0 Å². The van der Waals surface area contributed by atoms with Gasteiger partial charge in [-0.3, -0.25) is 19.2 Å². The molecule has 22 heteroatoms. The monoisotopic (exact) mass is 1220 g/mol. The van der Waals surface area contributed by atoms with E-state index < -0.39 is 24.2 Å². The van der Waals surface area contributed by atoms with Crippen LogP contribution in [-0.2, 0) is 71.0 Å². The zero-order chi connectivity index (χ0) is 62.5. The molecule has 0 fully saturated rings. The molecular weight excluding hydrogens is 1130 g/mol. The molecule has 0 spiro atoms. The summed E-state index contributed by atoms with van der Waals surface area (Å²) in [6.45, 7) is 8.88. The summed E-state index contributed by atoms with van der Waals surface area (Å²) in [6, 6.07) is 38.4. The smallest absolute Gasteiger partial charge is 0.237 e. The highest BCUT2D eigenvalue weighted by atomic mass is 16.2. The van der Waals surface area contributed by atoms with Crippen molar-refractivity contribution in [3.8, 4) is 0 Å². The minimum absolute atomic E-state index is 0.0677. The van der Waals surface area contributed by atoms with Crippen molar-refractivity contribution in [1.82, 2.24) is 92.2 Å². The number of unbranched alkanes of at least 4 members (excludes halogenated alkanes) is 1. The van der Waals surface area contributed by atoms with E-state index in [4.69, 9.17) is 0 Å². The van der Waals surface area contributed by atoms with Gasteiger partial charge in [0.15, 0.2) is 0 Å². The average Bonchev–Trinajstić information content (AvgIpc) is 4.60. The first-order valence-corrected chi connectivity index (χ1v) is 31.8. The number of H-pyrrole nitrogens is 4. The number of imidazole rings is 4. The third-order valence-corrected chi connectivity index (χ3v) is 15.8. The molecule has 0 aliphatic heterocycles. The molecule has 478 valence electrons. The molecule has 0 aliphatic rings. The Morgan fingerprint density at radius 2 is 0.544 bits per heavy atom. The van der Waals surface area contributed by atoms with Gasteiger partial charge in [-0.15, -0.1) is 0 Å². The number of carbonyl (C=O) groups is 4. The van der Waals surface area contributed by atoms with Crippen LogP contribution in [0.2, 0.25) is 0 Å². The molecule has 22 nitrogen and oxygen atoms in total. The van der Waals surface area contributed by atoms with Crippen molar-refractivity contribution >= 4 is 23.6 Å². The van der Waals surface area contributed by atoms with Crippen molar-refractivity contribution in [3.63, 3.8) is 0 Å². The van der Waals surface area contributed by atoms with Crippen LogP contribution in [0.5, 0.6) is 0 Å². The standard InChI is InChI=1S/C68H92N18O4/c87-65(61(37-57-45-69-49-81-57)77-41-53-19-5-1-6-20-53)73-27-15-33-85(34-16-28-74-66(88)62(38-58-46-70-50-82-58)78-42-54-21-7-2-8-22-54)31-13-14-32-86(35-17-29-75-67(89)63(39-59-47-71-51-83-59)79-43-55-23-9-3-10-24-55)36-18-30-76-68(90)64(40-60-48-72-52-84-60)80-44-56-25-11-4-12-26-56/h1-12,19-26,45-52,61-64,77-80H,13-18,27-44H2,(H,69,81)(H,70,82)(H,71,83)(H,72,84)(H,73,87)(H,74,88)(H,75,89)(H,76,90)/t61-,62-,63-,64-/m0/s1. The minimum Gasteiger partial charge on any atom is -0.355 e. The van der Waals surface area contributed by atoms with Gasteiger partial charge in [-0.25, -0.2) is 19.9 Å². The van der Waals surface area contributed by atoms with Crippen molar-refractivity contribution in [2.75, 3.05) is 65.4 Å². The fourth-order valence-electron chi connectivity index (χ4n) is 10.7. The lowest BCUT2D eigenvalue weighted by molar-refractivity contribution is -0.124. The maximum atomic E-state index is 13.8. The number of hydrogen-bond donors (Lipinski definition) is 12. The van der Waals surface area contributed by atoms with Crippen molar-refractivity contribution in [2.45, 2.75) is 115 Å². The Morgan fingerprint density at radius 3 is 0.756 bits per heavy atom. The molecule has 0 saturated carbocycles. The number of hydrogen-bond acceptors (Lipinski definition) is 14. The van der Waals surface area contributed by atoms with Crippen LogP contribution in [0.3, 0.4) is 0 Å². The molecule has 0 radical (unpaired) electrons. The van der Waals surface area contributed by atoms with Crippen molar-refractivity contribution in [2.24, 2.45) is 0 Å². The van der Waals surface area contributed by atoms with Crippen molar-refractivity contribution in [3.05, 3.63) is 216 Å². The van der Waals surface area contributed by atoms with E-state index in [0.29, 0.717) is 78.0 Å². The van der Waals surface area contributed by atoms with Gasteiger partial charge in [0.2, 0.25) is 23.6 Å². The summed E-state index contributed by atoms with van der Waals surface area (Å²) < 4.78 is 0. The number of benzene rings is 4. The first-order chi connectivity index (χ1) is 44.3. The maximum Gasteiger partial charge on any atom is 0.237 e. The zero-order valence-corrected chi connectivity index (χ0v) is 51.8. The lowest BCUT2D eigenvalue weighted by Crippen LogP contribution is -2.46. The highest BCUT2D eigenvalue weighted by Crippen LogP contribution is 2.10. The molecule has 8 rings (SSSR count). The van der Waals surface area contributed by atoms with Gasteiger partial charge >= 0.3 is 0 Å². The molecule has 0 bridgehead atoms. The fraction of sp³-hybridized carbons (Fsp3) is 0.412. The fourth-order valence-corrected chi connectivity index (χ4v) is 10.7. The Morgan fingerprint density at radius 1 is 0.322 bits per heavy atom. The number of nitrogens with one attached hydrogen (secondary N) is 12.